The summed E-state index contributed by atoms with van der Waals surface area (Å²) >= 11 is 0. The van der Waals surface area contributed by atoms with Gasteiger partial charge in [-0.1, -0.05) is 12.1 Å². The normalized spacial score (nSPS) is 10.4. The fourth-order valence-electron chi connectivity index (χ4n) is 2.02. The van der Waals surface area contributed by atoms with Crippen LogP contribution in [0.2, 0.25) is 0 Å². The zero-order valence-electron chi connectivity index (χ0n) is 11.2. The van der Waals surface area contributed by atoms with Gasteiger partial charge < -0.3 is 9.73 Å². The third kappa shape index (κ3) is 2.69. The van der Waals surface area contributed by atoms with Gasteiger partial charge in [-0.15, -0.1) is 0 Å². The number of hydrogen-bond donors (Lipinski definition) is 1. The van der Waals surface area contributed by atoms with Gasteiger partial charge in [-0.25, -0.2) is 4.98 Å². The van der Waals surface area contributed by atoms with Crippen molar-refractivity contribution in [3.63, 3.8) is 0 Å². The number of benzene rings is 1. The van der Waals surface area contributed by atoms with Gasteiger partial charge in [0.25, 0.3) is 0 Å². The van der Waals surface area contributed by atoms with Crippen LogP contribution in [0.25, 0.3) is 11.3 Å². The fourth-order valence-corrected chi connectivity index (χ4v) is 2.02. The van der Waals surface area contributed by atoms with Crippen molar-refractivity contribution in [2.45, 2.75) is 13.5 Å². The van der Waals surface area contributed by atoms with Gasteiger partial charge in [-0.05, 0) is 36.2 Å². The number of pyridine rings is 1. The molecule has 0 fully saturated rings. The van der Waals surface area contributed by atoms with E-state index in [0.29, 0.717) is 0 Å². The number of hydrogen-bond acceptors (Lipinski definition) is 4. The molecule has 2 aromatic heterocycles. The van der Waals surface area contributed by atoms with E-state index >= 15 is 0 Å². The third-order valence-corrected chi connectivity index (χ3v) is 3.21. The van der Waals surface area contributed by atoms with Crippen LogP contribution in [0.4, 0.5) is 5.69 Å². The molecule has 0 atom stereocenters. The maximum atomic E-state index is 5.31. The second kappa shape index (κ2) is 5.57. The summed E-state index contributed by atoms with van der Waals surface area (Å²) in [5.74, 6) is 0.770. The molecule has 4 nitrogen and oxygen atoms in total. The first-order valence-electron chi connectivity index (χ1n) is 6.45. The van der Waals surface area contributed by atoms with Crippen LogP contribution in [0.5, 0.6) is 0 Å². The maximum absolute atomic E-state index is 5.31. The van der Waals surface area contributed by atoms with E-state index in [1.54, 1.807) is 6.20 Å². The lowest BCUT2D eigenvalue weighted by Crippen LogP contribution is -2.01. The van der Waals surface area contributed by atoms with Crippen molar-refractivity contribution in [3.8, 4) is 11.3 Å². The number of aryl methyl sites for hydroxylation is 1. The molecule has 0 aliphatic carbocycles. The highest BCUT2D eigenvalue weighted by Crippen LogP contribution is 2.22. The van der Waals surface area contributed by atoms with Gasteiger partial charge in [0.05, 0.1) is 6.20 Å². The summed E-state index contributed by atoms with van der Waals surface area (Å²) in [5, 5.41) is 3.40. The van der Waals surface area contributed by atoms with E-state index in [0.717, 1.165) is 23.6 Å². The molecule has 100 valence electrons. The Morgan fingerprint density at radius 2 is 2.10 bits per heavy atom. The Hall–Kier alpha value is -2.62. The summed E-state index contributed by atoms with van der Waals surface area (Å²) < 4.78 is 5.31. The topological polar surface area (TPSA) is 51.0 Å². The van der Waals surface area contributed by atoms with E-state index < -0.39 is 0 Å². The molecule has 3 rings (SSSR count). The molecule has 0 spiro atoms. The first-order chi connectivity index (χ1) is 9.83. The van der Waals surface area contributed by atoms with Crippen molar-refractivity contribution < 1.29 is 4.42 Å². The van der Waals surface area contributed by atoms with Gasteiger partial charge in [0, 0.05) is 30.2 Å². The Kier molecular flexibility index (Phi) is 3.46. The molecule has 0 aliphatic heterocycles. The average molecular weight is 265 g/mol. The van der Waals surface area contributed by atoms with E-state index in [1.807, 2.05) is 42.7 Å². The molecule has 0 radical (unpaired) electrons. The van der Waals surface area contributed by atoms with Crippen LogP contribution >= 0.6 is 0 Å². The average Bonchev–Trinajstić information content (AvgIpc) is 3.01. The molecule has 3 aromatic rings. The minimum absolute atomic E-state index is 0.750. The van der Waals surface area contributed by atoms with Crippen molar-refractivity contribution in [3.05, 3.63) is 66.4 Å². The summed E-state index contributed by atoms with van der Waals surface area (Å²) in [4.78, 5) is 8.09. The summed E-state index contributed by atoms with van der Waals surface area (Å²) in [5.41, 5.74) is 4.48. The third-order valence-electron chi connectivity index (χ3n) is 3.21. The highest BCUT2D eigenvalue weighted by molar-refractivity contribution is 5.63. The van der Waals surface area contributed by atoms with E-state index in [1.165, 1.54) is 17.5 Å². The summed E-state index contributed by atoms with van der Waals surface area (Å²) in [6.45, 7) is 2.84. The summed E-state index contributed by atoms with van der Waals surface area (Å²) in [6.07, 6.45) is 6.85. The SMILES string of the molecule is Cc1ccncc1CNc1cccc(-c2cnco2)c1. The molecule has 1 aromatic carbocycles. The molecule has 0 saturated heterocycles. The zero-order valence-corrected chi connectivity index (χ0v) is 11.2. The van der Waals surface area contributed by atoms with Crippen LogP contribution in [-0.4, -0.2) is 9.97 Å². The number of aromatic nitrogens is 2. The highest BCUT2D eigenvalue weighted by atomic mass is 16.3. The molecule has 0 amide bonds. The van der Waals surface area contributed by atoms with Gasteiger partial charge in [-0.2, -0.15) is 0 Å². The maximum Gasteiger partial charge on any atom is 0.181 e. The molecule has 20 heavy (non-hydrogen) atoms. The van der Waals surface area contributed by atoms with E-state index in [4.69, 9.17) is 4.42 Å². The van der Waals surface area contributed by atoms with Crippen molar-refractivity contribution >= 4 is 5.69 Å². The Balaban J connectivity index is 1.75. The van der Waals surface area contributed by atoms with Crippen LogP contribution < -0.4 is 5.32 Å². The van der Waals surface area contributed by atoms with Gasteiger partial charge in [0.15, 0.2) is 12.2 Å². The highest BCUT2D eigenvalue weighted by Gasteiger charge is 2.03. The Morgan fingerprint density at radius 3 is 2.90 bits per heavy atom. The van der Waals surface area contributed by atoms with Gasteiger partial charge in [-0.3, -0.25) is 4.98 Å². The van der Waals surface area contributed by atoms with Crippen molar-refractivity contribution in [2.75, 3.05) is 5.32 Å². The molecule has 0 unspecified atom stereocenters. The lowest BCUT2D eigenvalue weighted by Gasteiger charge is -2.09. The smallest absolute Gasteiger partial charge is 0.181 e. The minimum Gasteiger partial charge on any atom is -0.444 e. The molecule has 2 heterocycles. The van der Waals surface area contributed by atoms with Gasteiger partial charge in [0.1, 0.15) is 0 Å². The van der Waals surface area contributed by atoms with Crippen molar-refractivity contribution in [1.29, 1.82) is 0 Å². The molecular weight excluding hydrogens is 250 g/mol. The largest absolute Gasteiger partial charge is 0.444 e. The first kappa shape index (κ1) is 12.4. The molecule has 1 N–H and O–H groups in total. The first-order valence-corrected chi connectivity index (χ1v) is 6.45. The van der Waals surface area contributed by atoms with Crippen LogP contribution in [0.1, 0.15) is 11.1 Å². The van der Waals surface area contributed by atoms with Crippen molar-refractivity contribution in [2.24, 2.45) is 0 Å². The van der Waals surface area contributed by atoms with Gasteiger partial charge in [0.2, 0.25) is 0 Å². The summed E-state index contributed by atoms with van der Waals surface area (Å²) in [6, 6.07) is 10.1. The van der Waals surface area contributed by atoms with Gasteiger partial charge >= 0.3 is 0 Å². The van der Waals surface area contributed by atoms with Crippen LogP contribution in [0.15, 0.2) is 59.7 Å². The Labute approximate surface area is 117 Å². The number of oxazole rings is 1. The zero-order chi connectivity index (χ0) is 13.8. The number of nitrogens with one attached hydrogen (secondary N) is 1. The predicted molar refractivity (Wildman–Crippen MR) is 78.2 cm³/mol. The Bertz CT molecular complexity index is 692. The number of rotatable bonds is 4. The summed E-state index contributed by atoms with van der Waals surface area (Å²) in [7, 11) is 0. The monoisotopic (exact) mass is 265 g/mol. The lowest BCUT2D eigenvalue weighted by molar-refractivity contribution is 0.572. The molecule has 4 heteroatoms. The van der Waals surface area contributed by atoms with Crippen LogP contribution in [0, 0.1) is 6.92 Å². The molecule has 0 aliphatic rings. The fraction of sp³-hybridized carbons (Fsp3) is 0.125. The minimum atomic E-state index is 0.750. The molecule has 0 saturated carbocycles. The van der Waals surface area contributed by atoms with E-state index in [2.05, 4.69) is 22.2 Å². The number of anilines is 1. The van der Waals surface area contributed by atoms with E-state index in [9.17, 15) is 0 Å². The van der Waals surface area contributed by atoms with E-state index in [-0.39, 0.29) is 0 Å². The molecular formula is C16H15N3O. The Morgan fingerprint density at radius 1 is 1.15 bits per heavy atom. The molecule has 0 bridgehead atoms. The standard InChI is InChI=1S/C16H15N3O/c1-12-5-6-17-8-14(12)9-19-15-4-2-3-13(7-15)16-10-18-11-20-16/h2-8,10-11,19H,9H2,1H3. The van der Waals surface area contributed by atoms with Crippen LogP contribution in [-0.2, 0) is 6.54 Å². The second-order valence-corrected chi connectivity index (χ2v) is 4.60. The van der Waals surface area contributed by atoms with Crippen molar-refractivity contribution in [1.82, 2.24) is 9.97 Å². The second-order valence-electron chi connectivity index (χ2n) is 4.60. The number of nitrogens with zero attached hydrogens (tertiary/aromatic N) is 2. The lowest BCUT2D eigenvalue weighted by atomic mass is 10.1. The van der Waals surface area contributed by atoms with Crippen LogP contribution in [0.3, 0.4) is 0 Å². The quantitative estimate of drug-likeness (QED) is 0.782. The predicted octanol–water partition coefficient (Wildman–Crippen LogP) is 3.66.